The molecule has 0 bridgehead atoms. The van der Waals surface area contributed by atoms with E-state index >= 15 is 0 Å². The minimum Gasteiger partial charge on any atom is -0.369 e. The van der Waals surface area contributed by atoms with Crippen molar-refractivity contribution in [3.05, 3.63) is 23.9 Å². The van der Waals surface area contributed by atoms with E-state index in [0.717, 1.165) is 31.8 Å². The Bertz CT molecular complexity index is 427. The lowest BCUT2D eigenvalue weighted by molar-refractivity contribution is 0.0952. The Labute approximate surface area is 121 Å². The molecular formula is C16H25N3O. The number of carbonyl (C=O) groups excluding carboxylic acids is 1. The van der Waals surface area contributed by atoms with Gasteiger partial charge in [-0.1, -0.05) is 32.6 Å². The van der Waals surface area contributed by atoms with Gasteiger partial charge in [-0.25, -0.2) is 4.98 Å². The van der Waals surface area contributed by atoms with Crippen molar-refractivity contribution in [2.45, 2.75) is 45.4 Å². The molecule has 0 unspecified atom stereocenters. The van der Waals surface area contributed by atoms with E-state index in [4.69, 9.17) is 0 Å². The summed E-state index contributed by atoms with van der Waals surface area (Å²) in [5, 5.41) is 6.23. The molecule has 20 heavy (non-hydrogen) atoms. The molecule has 1 aliphatic rings. The van der Waals surface area contributed by atoms with Crippen LogP contribution in [0.25, 0.3) is 0 Å². The fourth-order valence-electron chi connectivity index (χ4n) is 2.76. The number of nitrogens with one attached hydrogen (secondary N) is 2. The van der Waals surface area contributed by atoms with Gasteiger partial charge in [0.2, 0.25) is 0 Å². The summed E-state index contributed by atoms with van der Waals surface area (Å²) in [6, 6.07) is 3.64. The van der Waals surface area contributed by atoms with Crippen LogP contribution in [0, 0.1) is 5.92 Å². The van der Waals surface area contributed by atoms with Gasteiger partial charge in [0.1, 0.15) is 5.82 Å². The lowest BCUT2D eigenvalue weighted by Gasteiger charge is -2.12. The number of nitrogens with zero attached hydrogens (tertiary/aromatic N) is 1. The highest BCUT2D eigenvalue weighted by atomic mass is 16.1. The maximum Gasteiger partial charge on any atom is 0.255 e. The van der Waals surface area contributed by atoms with Gasteiger partial charge in [-0.2, -0.15) is 0 Å². The van der Waals surface area contributed by atoms with E-state index in [-0.39, 0.29) is 5.91 Å². The van der Waals surface area contributed by atoms with Crippen molar-refractivity contribution in [2.75, 3.05) is 18.4 Å². The van der Waals surface area contributed by atoms with Gasteiger partial charge < -0.3 is 10.6 Å². The highest BCUT2D eigenvalue weighted by Crippen LogP contribution is 2.26. The van der Waals surface area contributed by atoms with Gasteiger partial charge in [0.05, 0.1) is 5.56 Å². The zero-order chi connectivity index (χ0) is 14.2. The van der Waals surface area contributed by atoms with Crippen molar-refractivity contribution in [3.63, 3.8) is 0 Å². The van der Waals surface area contributed by atoms with E-state index in [1.807, 2.05) is 12.1 Å². The third kappa shape index (κ3) is 4.22. The first-order valence-corrected chi connectivity index (χ1v) is 7.78. The Morgan fingerprint density at radius 1 is 1.35 bits per heavy atom. The number of hydrogen-bond donors (Lipinski definition) is 2. The molecule has 2 rings (SSSR count). The maximum absolute atomic E-state index is 12.2. The zero-order valence-electron chi connectivity index (χ0n) is 12.3. The van der Waals surface area contributed by atoms with E-state index in [1.54, 1.807) is 6.20 Å². The molecule has 0 aromatic carbocycles. The molecule has 110 valence electrons. The molecule has 0 spiro atoms. The Kier molecular flexibility index (Phi) is 5.84. The van der Waals surface area contributed by atoms with Crippen LogP contribution >= 0.6 is 0 Å². The molecule has 4 nitrogen and oxygen atoms in total. The van der Waals surface area contributed by atoms with Crippen LogP contribution in [0.3, 0.4) is 0 Å². The van der Waals surface area contributed by atoms with Gasteiger partial charge in [-0.05, 0) is 30.9 Å². The number of carbonyl (C=O) groups is 1. The fraction of sp³-hybridized carbons (Fsp3) is 0.625. The van der Waals surface area contributed by atoms with Gasteiger partial charge in [0, 0.05) is 19.3 Å². The van der Waals surface area contributed by atoms with Gasteiger partial charge in [-0.15, -0.1) is 0 Å². The predicted molar refractivity (Wildman–Crippen MR) is 81.9 cm³/mol. The third-order valence-electron chi connectivity index (χ3n) is 3.91. The van der Waals surface area contributed by atoms with Crippen LogP contribution < -0.4 is 10.6 Å². The van der Waals surface area contributed by atoms with Crippen LogP contribution in [0.1, 0.15) is 55.8 Å². The molecule has 2 N–H and O–H groups in total. The molecule has 1 amide bonds. The molecule has 0 radical (unpaired) electrons. The summed E-state index contributed by atoms with van der Waals surface area (Å²) in [6.45, 7) is 3.70. The van der Waals surface area contributed by atoms with Crippen LogP contribution in [0.15, 0.2) is 18.3 Å². The summed E-state index contributed by atoms with van der Waals surface area (Å²) >= 11 is 0. The normalized spacial score (nSPS) is 15.2. The highest BCUT2D eigenvalue weighted by molar-refractivity contribution is 5.98. The molecule has 1 aromatic heterocycles. The van der Waals surface area contributed by atoms with Crippen molar-refractivity contribution in [2.24, 2.45) is 5.92 Å². The van der Waals surface area contributed by atoms with Crippen molar-refractivity contribution >= 4 is 11.7 Å². The standard InChI is InChI=1S/C16H25N3O/c1-2-10-17-15-14(8-5-11-18-15)16(20)19-12-9-13-6-3-4-7-13/h5,8,11,13H,2-4,6-7,9-10,12H2,1H3,(H,17,18)(H,19,20). The minimum absolute atomic E-state index is 0.0188. The van der Waals surface area contributed by atoms with Crippen molar-refractivity contribution in [1.82, 2.24) is 10.3 Å². The predicted octanol–water partition coefficient (Wildman–Crippen LogP) is 3.21. The molecule has 0 saturated heterocycles. The Morgan fingerprint density at radius 2 is 2.15 bits per heavy atom. The third-order valence-corrected chi connectivity index (χ3v) is 3.91. The number of aromatic nitrogens is 1. The molecule has 1 saturated carbocycles. The summed E-state index contributed by atoms with van der Waals surface area (Å²) in [5.74, 6) is 1.48. The number of hydrogen-bond acceptors (Lipinski definition) is 3. The lowest BCUT2D eigenvalue weighted by atomic mass is 10.0. The van der Waals surface area contributed by atoms with E-state index in [1.165, 1.54) is 25.7 Å². The Balaban J connectivity index is 1.84. The molecule has 1 aromatic rings. The summed E-state index contributed by atoms with van der Waals surface area (Å²) < 4.78 is 0. The van der Waals surface area contributed by atoms with Crippen molar-refractivity contribution in [1.29, 1.82) is 0 Å². The monoisotopic (exact) mass is 275 g/mol. The van der Waals surface area contributed by atoms with Crippen LogP contribution in [0.2, 0.25) is 0 Å². The summed E-state index contributed by atoms with van der Waals surface area (Å²) in [5.41, 5.74) is 0.646. The zero-order valence-corrected chi connectivity index (χ0v) is 12.3. The second-order valence-corrected chi connectivity index (χ2v) is 5.52. The number of anilines is 1. The Morgan fingerprint density at radius 3 is 2.90 bits per heavy atom. The molecular weight excluding hydrogens is 250 g/mol. The first-order chi connectivity index (χ1) is 9.81. The first kappa shape index (κ1) is 14.8. The van der Waals surface area contributed by atoms with Gasteiger partial charge in [0.25, 0.3) is 5.91 Å². The summed E-state index contributed by atoms with van der Waals surface area (Å²) in [6.07, 6.45) is 9.19. The average molecular weight is 275 g/mol. The maximum atomic E-state index is 12.2. The summed E-state index contributed by atoms with van der Waals surface area (Å²) in [4.78, 5) is 16.5. The number of pyridine rings is 1. The summed E-state index contributed by atoms with van der Waals surface area (Å²) in [7, 11) is 0. The van der Waals surface area contributed by atoms with Crippen molar-refractivity contribution in [3.8, 4) is 0 Å². The smallest absolute Gasteiger partial charge is 0.255 e. The molecule has 1 fully saturated rings. The van der Waals surface area contributed by atoms with Crippen LogP contribution in [0.5, 0.6) is 0 Å². The molecule has 1 heterocycles. The fourth-order valence-corrected chi connectivity index (χ4v) is 2.76. The van der Waals surface area contributed by atoms with Gasteiger partial charge in [0.15, 0.2) is 0 Å². The van der Waals surface area contributed by atoms with E-state index < -0.39 is 0 Å². The number of amides is 1. The van der Waals surface area contributed by atoms with E-state index in [2.05, 4.69) is 22.5 Å². The van der Waals surface area contributed by atoms with Crippen LogP contribution in [-0.4, -0.2) is 24.0 Å². The van der Waals surface area contributed by atoms with Crippen LogP contribution in [-0.2, 0) is 0 Å². The topological polar surface area (TPSA) is 54.0 Å². The van der Waals surface area contributed by atoms with E-state index in [0.29, 0.717) is 11.4 Å². The van der Waals surface area contributed by atoms with Crippen LogP contribution in [0.4, 0.5) is 5.82 Å². The van der Waals surface area contributed by atoms with Crippen molar-refractivity contribution < 1.29 is 4.79 Å². The lowest BCUT2D eigenvalue weighted by Crippen LogP contribution is -2.26. The van der Waals surface area contributed by atoms with Gasteiger partial charge >= 0.3 is 0 Å². The number of rotatable bonds is 7. The molecule has 1 aliphatic carbocycles. The average Bonchev–Trinajstić information content (AvgIpc) is 2.98. The van der Waals surface area contributed by atoms with E-state index in [9.17, 15) is 4.79 Å². The SMILES string of the molecule is CCCNc1ncccc1C(=O)NCCC1CCCC1. The largest absolute Gasteiger partial charge is 0.369 e. The first-order valence-electron chi connectivity index (χ1n) is 7.78. The highest BCUT2D eigenvalue weighted by Gasteiger charge is 2.16. The Hall–Kier alpha value is -1.58. The molecule has 0 aliphatic heterocycles. The minimum atomic E-state index is -0.0188. The quantitative estimate of drug-likeness (QED) is 0.803. The second kappa shape index (κ2) is 7.88. The molecule has 4 heteroatoms. The van der Waals surface area contributed by atoms with Gasteiger partial charge in [-0.3, -0.25) is 4.79 Å². The second-order valence-electron chi connectivity index (χ2n) is 5.52. The molecule has 0 atom stereocenters.